The van der Waals surface area contributed by atoms with Crippen molar-refractivity contribution in [3.8, 4) is 16.5 Å². The number of hydrogen-bond donors (Lipinski definition) is 0. The van der Waals surface area contributed by atoms with E-state index in [1.807, 2.05) is 37.3 Å². The summed E-state index contributed by atoms with van der Waals surface area (Å²) in [4.78, 5) is 14.8. The van der Waals surface area contributed by atoms with Gasteiger partial charge in [-0.15, -0.1) is 5.10 Å². The molecule has 0 spiro atoms. The molecule has 150 valence electrons. The fraction of sp³-hybridized carbons (Fsp3) is 0.292. The van der Waals surface area contributed by atoms with Gasteiger partial charge in [0.25, 0.3) is 5.56 Å². The molecule has 3 atom stereocenters. The van der Waals surface area contributed by atoms with Crippen LogP contribution in [0.1, 0.15) is 35.7 Å². The number of nitriles is 1. The normalized spacial score (nSPS) is 22.6. The number of nitrogens with zero attached hydrogens (tertiary/aromatic N) is 4. The molecule has 2 heterocycles. The molecule has 2 aliphatic carbocycles. The highest BCUT2D eigenvalue weighted by Gasteiger charge is 2.37. The topological polar surface area (TPSA) is 63.1 Å². The summed E-state index contributed by atoms with van der Waals surface area (Å²) in [5.41, 5.74) is 2.35. The molecule has 0 N–H and O–H groups in total. The van der Waals surface area contributed by atoms with E-state index in [4.69, 9.17) is 5.10 Å². The average molecular weight is 415 g/mol. The zero-order chi connectivity index (χ0) is 20.8. The van der Waals surface area contributed by atoms with Crippen molar-refractivity contribution in [1.82, 2.24) is 9.24 Å². The molecule has 5 rings (SSSR count). The van der Waals surface area contributed by atoms with E-state index in [-0.39, 0.29) is 11.1 Å². The van der Waals surface area contributed by atoms with E-state index in [0.717, 1.165) is 27.4 Å². The first-order valence-electron chi connectivity index (χ1n) is 10.2. The van der Waals surface area contributed by atoms with Crippen LogP contribution in [0.3, 0.4) is 0 Å². The summed E-state index contributed by atoms with van der Waals surface area (Å²) in [6, 6.07) is 14.5. The molecule has 0 aliphatic heterocycles. The summed E-state index contributed by atoms with van der Waals surface area (Å²) < 4.78 is 3.63. The van der Waals surface area contributed by atoms with Crippen molar-refractivity contribution in [2.45, 2.75) is 32.7 Å². The van der Waals surface area contributed by atoms with E-state index in [9.17, 15) is 10.1 Å². The van der Waals surface area contributed by atoms with Gasteiger partial charge in [-0.1, -0.05) is 53.8 Å². The first kappa shape index (κ1) is 18.8. The summed E-state index contributed by atoms with van der Waals surface area (Å²) in [5.74, 6) is 1.15. The summed E-state index contributed by atoms with van der Waals surface area (Å²) >= 11 is 1.59. The van der Waals surface area contributed by atoms with Gasteiger partial charge in [-0.2, -0.15) is 9.94 Å². The number of fused-ring (bicyclic) bond motifs is 2. The number of aryl methyl sites for hydroxylation is 2. The van der Waals surface area contributed by atoms with Gasteiger partial charge in [0.2, 0.25) is 4.80 Å². The van der Waals surface area contributed by atoms with Crippen molar-refractivity contribution in [2.24, 2.45) is 16.9 Å². The standard InChI is InChI=1S/C24H22N4OS/c1-15-10-16(2)28(23(29)20(15)13-25)26-24-27(21-12-17-8-9-19(21)11-17)14-22(30-24)18-6-4-3-5-7-18/h3-10,14,17,19,21H,11-12H2,1-2H3/b26-24+/t17-,19+,21+/m0/s1. The van der Waals surface area contributed by atoms with Gasteiger partial charge in [-0.25, -0.2) is 0 Å². The highest BCUT2D eigenvalue weighted by molar-refractivity contribution is 7.12. The number of benzene rings is 1. The van der Waals surface area contributed by atoms with Crippen LogP contribution >= 0.6 is 11.3 Å². The van der Waals surface area contributed by atoms with Crippen molar-refractivity contribution >= 4 is 11.3 Å². The summed E-state index contributed by atoms with van der Waals surface area (Å²) in [6.45, 7) is 3.65. The molecule has 3 aromatic rings. The third-order valence-corrected chi connectivity index (χ3v) is 7.23. The van der Waals surface area contributed by atoms with Gasteiger partial charge in [0.05, 0.1) is 4.88 Å². The Kier molecular flexibility index (Phi) is 4.56. The Morgan fingerprint density at radius 1 is 1.17 bits per heavy atom. The van der Waals surface area contributed by atoms with Crippen molar-refractivity contribution in [3.63, 3.8) is 0 Å². The van der Waals surface area contributed by atoms with Gasteiger partial charge in [-0.05, 0) is 55.7 Å². The van der Waals surface area contributed by atoms with Gasteiger partial charge >= 0.3 is 0 Å². The van der Waals surface area contributed by atoms with Crippen LogP contribution < -0.4 is 10.4 Å². The minimum Gasteiger partial charge on any atom is -0.318 e. The molecule has 5 nitrogen and oxygen atoms in total. The van der Waals surface area contributed by atoms with Crippen molar-refractivity contribution in [1.29, 1.82) is 5.26 Å². The Hall–Kier alpha value is -3.17. The Morgan fingerprint density at radius 2 is 1.97 bits per heavy atom. The number of aromatic nitrogens is 2. The fourth-order valence-electron chi connectivity index (χ4n) is 4.70. The highest BCUT2D eigenvalue weighted by Crippen LogP contribution is 2.46. The first-order valence-corrected chi connectivity index (χ1v) is 11.0. The molecule has 2 bridgehead atoms. The van der Waals surface area contributed by atoms with Crippen LogP contribution in [0.15, 0.2) is 64.6 Å². The fourth-order valence-corrected chi connectivity index (χ4v) is 5.74. The first-order chi connectivity index (χ1) is 14.5. The van der Waals surface area contributed by atoms with E-state index < -0.39 is 0 Å². The molecule has 2 aromatic heterocycles. The van der Waals surface area contributed by atoms with Crippen LogP contribution in [0.4, 0.5) is 0 Å². The van der Waals surface area contributed by atoms with E-state index in [2.05, 4.69) is 35.0 Å². The maximum atomic E-state index is 12.9. The van der Waals surface area contributed by atoms with E-state index in [0.29, 0.717) is 23.4 Å². The predicted molar refractivity (Wildman–Crippen MR) is 118 cm³/mol. The minimum atomic E-state index is -0.357. The van der Waals surface area contributed by atoms with Crippen molar-refractivity contribution in [2.75, 3.05) is 0 Å². The van der Waals surface area contributed by atoms with Crippen molar-refractivity contribution in [3.05, 3.63) is 86.7 Å². The molecule has 1 aromatic carbocycles. The second kappa shape index (κ2) is 7.26. The Morgan fingerprint density at radius 3 is 2.63 bits per heavy atom. The molecule has 1 fully saturated rings. The largest absolute Gasteiger partial charge is 0.318 e. The summed E-state index contributed by atoms with van der Waals surface area (Å²) in [7, 11) is 0. The number of allylic oxidation sites excluding steroid dienone is 2. The van der Waals surface area contributed by atoms with Gasteiger partial charge in [-0.3, -0.25) is 4.79 Å². The van der Waals surface area contributed by atoms with E-state index in [1.165, 1.54) is 11.1 Å². The van der Waals surface area contributed by atoms with Gasteiger partial charge in [0, 0.05) is 17.9 Å². The minimum absolute atomic E-state index is 0.151. The third kappa shape index (κ3) is 3.06. The van der Waals surface area contributed by atoms with Crippen LogP contribution in [0.5, 0.6) is 0 Å². The number of pyridine rings is 1. The smallest absolute Gasteiger partial charge is 0.289 e. The van der Waals surface area contributed by atoms with Crippen LogP contribution in [0.2, 0.25) is 0 Å². The SMILES string of the molecule is Cc1cc(C)n(/N=c2/sc(-c3ccccc3)cn2[C@@H]2C[C@H]3C=C[C@@H]2C3)c(=O)c1C#N. The van der Waals surface area contributed by atoms with Crippen molar-refractivity contribution < 1.29 is 0 Å². The molecule has 30 heavy (non-hydrogen) atoms. The van der Waals surface area contributed by atoms with E-state index >= 15 is 0 Å². The maximum Gasteiger partial charge on any atom is 0.289 e. The van der Waals surface area contributed by atoms with Gasteiger partial charge in [0.1, 0.15) is 11.6 Å². The number of thiazole rings is 1. The molecular weight excluding hydrogens is 392 g/mol. The zero-order valence-corrected chi connectivity index (χ0v) is 17.8. The molecule has 0 amide bonds. The molecular formula is C24H22N4OS. The lowest BCUT2D eigenvalue weighted by atomic mass is 10.0. The molecule has 0 unspecified atom stereocenters. The van der Waals surface area contributed by atoms with Crippen LogP contribution in [0.25, 0.3) is 10.4 Å². The maximum absolute atomic E-state index is 12.9. The Labute approximate surface area is 178 Å². The quantitative estimate of drug-likeness (QED) is 0.598. The molecule has 6 heteroatoms. The molecule has 1 saturated carbocycles. The molecule has 0 saturated heterocycles. The average Bonchev–Trinajstić information content (AvgIpc) is 3.47. The van der Waals surface area contributed by atoms with Crippen LogP contribution in [-0.4, -0.2) is 9.24 Å². The molecule has 2 aliphatic rings. The second-order valence-electron chi connectivity index (χ2n) is 8.17. The lowest BCUT2D eigenvalue weighted by Gasteiger charge is -2.20. The lowest BCUT2D eigenvalue weighted by Crippen LogP contribution is -2.28. The Bertz CT molecular complexity index is 1320. The highest BCUT2D eigenvalue weighted by atomic mass is 32.1. The monoisotopic (exact) mass is 414 g/mol. The van der Waals surface area contributed by atoms with E-state index in [1.54, 1.807) is 18.3 Å². The Balaban J connectivity index is 1.72. The zero-order valence-electron chi connectivity index (χ0n) is 16.9. The lowest BCUT2D eigenvalue weighted by molar-refractivity contribution is 0.421. The van der Waals surface area contributed by atoms with Crippen LogP contribution in [0, 0.1) is 37.0 Å². The predicted octanol–water partition coefficient (Wildman–Crippen LogP) is 4.37. The van der Waals surface area contributed by atoms with Gasteiger partial charge < -0.3 is 4.57 Å². The number of rotatable bonds is 3. The second-order valence-corrected chi connectivity index (χ2v) is 9.18. The molecule has 0 radical (unpaired) electrons. The number of hydrogen-bond acceptors (Lipinski definition) is 4. The third-order valence-electron chi connectivity index (χ3n) is 6.20. The van der Waals surface area contributed by atoms with Gasteiger partial charge in [0.15, 0.2) is 0 Å². The van der Waals surface area contributed by atoms with Crippen LogP contribution in [-0.2, 0) is 0 Å². The summed E-state index contributed by atoms with van der Waals surface area (Å²) in [5, 5.41) is 14.2. The summed E-state index contributed by atoms with van der Waals surface area (Å²) in [6.07, 6.45) is 9.13.